The van der Waals surface area contributed by atoms with E-state index in [4.69, 9.17) is 0 Å². The predicted octanol–water partition coefficient (Wildman–Crippen LogP) is 3.83. The Morgan fingerprint density at radius 3 is 2.95 bits per heavy atom. The first kappa shape index (κ1) is 15.0. The molecule has 106 valence electrons. The van der Waals surface area contributed by atoms with Crippen LogP contribution in [0.2, 0.25) is 0 Å². The summed E-state index contributed by atoms with van der Waals surface area (Å²) in [6.07, 6.45) is 4.00. The van der Waals surface area contributed by atoms with Crippen molar-refractivity contribution >= 4 is 15.9 Å². The highest BCUT2D eigenvalue weighted by Gasteiger charge is 2.28. The van der Waals surface area contributed by atoms with E-state index in [-0.39, 0.29) is 0 Å². The van der Waals surface area contributed by atoms with Crippen LogP contribution in [0.1, 0.15) is 37.8 Å². The third-order valence-corrected chi connectivity index (χ3v) is 4.60. The van der Waals surface area contributed by atoms with Gasteiger partial charge in [0.2, 0.25) is 0 Å². The Bertz CT molecular complexity index is 394. The van der Waals surface area contributed by atoms with Gasteiger partial charge < -0.3 is 5.32 Å². The minimum Gasteiger partial charge on any atom is -0.317 e. The van der Waals surface area contributed by atoms with E-state index in [1.807, 2.05) is 0 Å². The van der Waals surface area contributed by atoms with Crippen LogP contribution in [0.15, 0.2) is 28.7 Å². The number of likely N-dealkylation sites (tertiary alicyclic amines) is 1. The minimum absolute atomic E-state index is 0.541. The second kappa shape index (κ2) is 7.41. The molecule has 1 aliphatic rings. The monoisotopic (exact) mass is 324 g/mol. The summed E-state index contributed by atoms with van der Waals surface area (Å²) in [7, 11) is 2.27. The van der Waals surface area contributed by atoms with E-state index in [0.717, 1.165) is 13.1 Å². The lowest BCUT2D eigenvalue weighted by atomic mass is 9.89. The number of benzene rings is 1. The molecule has 0 saturated carbocycles. The van der Waals surface area contributed by atoms with Gasteiger partial charge in [-0.2, -0.15) is 0 Å². The third kappa shape index (κ3) is 4.04. The topological polar surface area (TPSA) is 15.3 Å². The van der Waals surface area contributed by atoms with Gasteiger partial charge in [0.1, 0.15) is 0 Å². The molecule has 2 atom stereocenters. The average molecular weight is 325 g/mol. The van der Waals surface area contributed by atoms with Gasteiger partial charge in [0.05, 0.1) is 0 Å². The van der Waals surface area contributed by atoms with Crippen LogP contribution in [0.4, 0.5) is 0 Å². The van der Waals surface area contributed by atoms with E-state index >= 15 is 0 Å². The fourth-order valence-electron chi connectivity index (χ4n) is 3.19. The van der Waals surface area contributed by atoms with Crippen LogP contribution >= 0.6 is 15.9 Å². The number of hydrogen-bond acceptors (Lipinski definition) is 2. The van der Waals surface area contributed by atoms with Gasteiger partial charge in [-0.1, -0.05) is 41.4 Å². The molecule has 0 bridgehead atoms. The Labute approximate surface area is 125 Å². The van der Waals surface area contributed by atoms with Crippen molar-refractivity contribution in [2.24, 2.45) is 5.92 Å². The molecule has 2 nitrogen and oxygen atoms in total. The normalized spacial score (nSPS) is 25.2. The molecule has 0 spiro atoms. The SMILES string of the molecule is CCNCC1CCCCN(C)C1c1cccc(Br)c1. The summed E-state index contributed by atoms with van der Waals surface area (Å²) in [4.78, 5) is 2.54. The molecule has 0 aliphatic carbocycles. The van der Waals surface area contributed by atoms with Crippen molar-refractivity contribution < 1.29 is 0 Å². The molecule has 0 amide bonds. The highest BCUT2D eigenvalue weighted by molar-refractivity contribution is 9.10. The van der Waals surface area contributed by atoms with Crippen LogP contribution in [-0.2, 0) is 0 Å². The zero-order valence-corrected chi connectivity index (χ0v) is 13.6. The maximum Gasteiger partial charge on any atom is 0.0385 e. The van der Waals surface area contributed by atoms with Gasteiger partial charge in [0.25, 0.3) is 0 Å². The number of nitrogens with zero attached hydrogens (tertiary/aromatic N) is 1. The molecule has 2 unspecified atom stereocenters. The summed E-state index contributed by atoms with van der Waals surface area (Å²) in [5.74, 6) is 0.710. The second-order valence-corrected chi connectivity index (χ2v) is 6.46. The molecule has 0 aromatic heterocycles. The Kier molecular flexibility index (Phi) is 5.86. The molecule has 1 heterocycles. The molecule has 3 heteroatoms. The standard InChI is InChI=1S/C16H25BrN2/c1-3-18-12-14-7-4-5-10-19(2)16(14)13-8-6-9-15(17)11-13/h6,8-9,11,14,16,18H,3-5,7,10,12H2,1-2H3. The van der Waals surface area contributed by atoms with Gasteiger partial charge in [-0.3, -0.25) is 4.90 Å². The quantitative estimate of drug-likeness (QED) is 0.905. The zero-order chi connectivity index (χ0) is 13.7. The number of halogens is 1. The Balaban J connectivity index is 2.23. The fourth-order valence-corrected chi connectivity index (χ4v) is 3.60. The van der Waals surface area contributed by atoms with E-state index < -0.39 is 0 Å². The van der Waals surface area contributed by atoms with Crippen molar-refractivity contribution in [3.05, 3.63) is 34.3 Å². The summed E-state index contributed by atoms with van der Waals surface area (Å²) in [6, 6.07) is 9.36. The third-order valence-electron chi connectivity index (χ3n) is 4.10. The molecular weight excluding hydrogens is 300 g/mol. The van der Waals surface area contributed by atoms with Gasteiger partial charge in [0.15, 0.2) is 0 Å². The van der Waals surface area contributed by atoms with Gasteiger partial charge >= 0.3 is 0 Å². The van der Waals surface area contributed by atoms with E-state index in [9.17, 15) is 0 Å². The molecule has 1 N–H and O–H groups in total. The van der Waals surface area contributed by atoms with E-state index in [1.165, 1.54) is 35.8 Å². The number of nitrogens with one attached hydrogen (secondary N) is 1. The van der Waals surface area contributed by atoms with E-state index in [1.54, 1.807) is 0 Å². The van der Waals surface area contributed by atoms with Crippen molar-refractivity contribution in [3.8, 4) is 0 Å². The molecule has 19 heavy (non-hydrogen) atoms. The van der Waals surface area contributed by atoms with Gasteiger partial charge in [0, 0.05) is 10.5 Å². The first-order chi connectivity index (χ1) is 9.22. The lowest BCUT2D eigenvalue weighted by molar-refractivity contribution is 0.189. The molecule has 1 aromatic rings. The predicted molar refractivity (Wildman–Crippen MR) is 85.4 cm³/mol. The average Bonchev–Trinajstić information content (AvgIpc) is 2.58. The highest BCUT2D eigenvalue weighted by atomic mass is 79.9. The van der Waals surface area contributed by atoms with Crippen molar-refractivity contribution in [3.63, 3.8) is 0 Å². The summed E-state index contributed by atoms with van der Waals surface area (Å²) >= 11 is 3.61. The molecular formula is C16H25BrN2. The van der Waals surface area contributed by atoms with Gasteiger partial charge in [-0.15, -0.1) is 0 Å². The van der Waals surface area contributed by atoms with Crippen molar-refractivity contribution in [1.82, 2.24) is 10.2 Å². The maximum absolute atomic E-state index is 3.61. The smallest absolute Gasteiger partial charge is 0.0385 e. The second-order valence-electron chi connectivity index (χ2n) is 5.54. The van der Waals surface area contributed by atoms with Gasteiger partial charge in [-0.25, -0.2) is 0 Å². The molecule has 1 saturated heterocycles. The summed E-state index contributed by atoms with van der Waals surface area (Å²) in [6.45, 7) is 5.58. The summed E-state index contributed by atoms with van der Waals surface area (Å²) < 4.78 is 1.19. The fraction of sp³-hybridized carbons (Fsp3) is 0.625. The number of rotatable bonds is 4. The van der Waals surface area contributed by atoms with E-state index in [2.05, 4.69) is 64.4 Å². The first-order valence-electron chi connectivity index (χ1n) is 7.38. The van der Waals surface area contributed by atoms with Gasteiger partial charge in [-0.05, 0) is 63.1 Å². The Morgan fingerprint density at radius 2 is 2.21 bits per heavy atom. The van der Waals surface area contributed by atoms with Crippen LogP contribution in [0.3, 0.4) is 0 Å². The lowest BCUT2D eigenvalue weighted by Crippen LogP contribution is -2.34. The Hall–Kier alpha value is -0.380. The zero-order valence-electron chi connectivity index (χ0n) is 12.0. The minimum atomic E-state index is 0.541. The number of hydrogen-bond donors (Lipinski definition) is 1. The highest BCUT2D eigenvalue weighted by Crippen LogP contribution is 2.34. The van der Waals surface area contributed by atoms with Crippen molar-refractivity contribution in [1.29, 1.82) is 0 Å². The first-order valence-corrected chi connectivity index (χ1v) is 8.18. The van der Waals surface area contributed by atoms with Crippen LogP contribution in [0.5, 0.6) is 0 Å². The molecule has 1 aliphatic heterocycles. The molecule has 2 rings (SSSR count). The Morgan fingerprint density at radius 1 is 1.37 bits per heavy atom. The lowest BCUT2D eigenvalue weighted by Gasteiger charge is -2.33. The molecule has 1 aromatic carbocycles. The summed E-state index contributed by atoms with van der Waals surface area (Å²) in [5, 5.41) is 3.54. The van der Waals surface area contributed by atoms with Crippen LogP contribution in [-0.4, -0.2) is 31.6 Å². The van der Waals surface area contributed by atoms with E-state index in [0.29, 0.717) is 12.0 Å². The van der Waals surface area contributed by atoms with Crippen LogP contribution in [0, 0.1) is 5.92 Å². The van der Waals surface area contributed by atoms with Crippen LogP contribution in [0.25, 0.3) is 0 Å². The maximum atomic E-state index is 3.61. The van der Waals surface area contributed by atoms with Crippen molar-refractivity contribution in [2.45, 2.75) is 32.2 Å². The molecule has 0 radical (unpaired) electrons. The largest absolute Gasteiger partial charge is 0.317 e. The van der Waals surface area contributed by atoms with Crippen molar-refractivity contribution in [2.75, 3.05) is 26.7 Å². The summed E-state index contributed by atoms with van der Waals surface area (Å²) in [5.41, 5.74) is 1.45. The molecule has 1 fully saturated rings. The van der Waals surface area contributed by atoms with Crippen LogP contribution < -0.4 is 5.32 Å².